The number of aliphatic carboxylic acids is 1. The Hall–Kier alpha value is -1.64. The summed E-state index contributed by atoms with van der Waals surface area (Å²) < 4.78 is 41.4. The Morgan fingerprint density at radius 1 is 1.50 bits per heavy atom. The van der Waals surface area contributed by atoms with Crippen LogP contribution >= 0.6 is 0 Å². The second-order valence-electron chi connectivity index (χ2n) is 3.61. The lowest BCUT2D eigenvalue weighted by Crippen LogP contribution is -2.37. The van der Waals surface area contributed by atoms with E-state index in [1.54, 1.807) is 6.92 Å². The van der Waals surface area contributed by atoms with E-state index in [0.29, 0.717) is 17.1 Å². The van der Waals surface area contributed by atoms with Gasteiger partial charge in [-0.15, -0.1) is 0 Å². The molecule has 0 saturated heterocycles. The number of carboxylic acids is 1. The van der Waals surface area contributed by atoms with Crippen LogP contribution in [0.1, 0.15) is 18.6 Å². The van der Waals surface area contributed by atoms with Gasteiger partial charge >= 0.3 is 12.1 Å². The molecule has 6 nitrogen and oxygen atoms in total. The van der Waals surface area contributed by atoms with Crippen LogP contribution in [-0.2, 0) is 17.8 Å². The topological polar surface area (TPSA) is 79.5 Å². The summed E-state index contributed by atoms with van der Waals surface area (Å²) in [6.07, 6.45) is -4.00. The molecule has 0 saturated carbocycles. The molecule has 18 heavy (non-hydrogen) atoms. The van der Waals surface area contributed by atoms with Crippen molar-refractivity contribution in [1.29, 1.82) is 0 Å². The number of hydrogen-bond acceptors (Lipinski definition) is 5. The van der Waals surface area contributed by atoms with Gasteiger partial charge in [-0.3, -0.25) is 9.69 Å². The van der Waals surface area contributed by atoms with Gasteiger partial charge in [0.05, 0.1) is 19.6 Å². The van der Waals surface area contributed by atoms with E-state index < -0.39 is 25.2 Å². The molecule has 1 aromatic rings. The number of rotatable bonds is 6. The Bertz CT molecular complexity index is 405. The molecule has 102 valence electrons. The molecule has 1 N–H and O–H groups in total. The van der Waals surface area contributed by atoms with E-state index in [2.05, 4.69) is 10.1 Å². The lowest BCUT2D eigenvalue weighted by molar-refractivity contribution is -0.155. The second-order valence-corrected chi connectivity index (χ2v) is 3.61. The number of hydrogen-bond donors (Lipinski definition) is 1. The zero-order valence-corrected chi connectivity index (χ0v) is 9.57. The molecule has 1 rings (SSSR count). The van der Waals surface area contributed by atoms with E-state index in [4.69, 9.17) is 9.63 Å². The summed E-state index contributed by atoms with van der Waals surface area (Å²) in [4.78, 5) is 15.0. The predicted octanol–water partition coefficient (Wildman–Crippen LogP) is 1.08. The minimum absolute atomic E-state index is 0.0302. The molecule has 0 aliphatic carbocycles. The van der Waals surface area contributed by atoms with Gasteiger partial charge in [-0.1, -0.05) is 12.1 Å². The maximum atomic E-state index is 12.2. The van der Waals surface area contributed by atoms with Gasteiger partial charge in [-0.25, -0.2) is 0 Å². The van der Waals surface area contributed by atoms with Crippen molar-refractivity contribution in [2.45, 2.75) is 26.1 Å². The highest BCUT2D eigenvalue weighted by Crippen LogP contribution is 2.17. The number of nitrogens with zero attached hydrogens (tertiary/aromatic N) is 3. The Morgan fingerprint density at radius 3 is 2.61 bits per heavy atom. The van der Waals surface area contributed by atoms with Crippen LogP contribution in [0.15, 0.2) is 4.52 Å². The molecule has 0 spiro atoms. The highest BCUT2D eigenvalue weighted by atomic mass is 19.4. The Labute approximate surface area is 100 Å². The molecular weight excluding hydrogens is 255 g/mol. The summed E-state index contributed by atoms with van der Waals surface area (Å²) in [7, 11) is 0. The van der Waals surface area contributed by atoms with Crippen molar-refractivity contribution in [2.24, 2.45) is 0 Å². The zero-order valence-electron chi connectivity index (χ0n) is 9.57. The molecule has 0 amide bonds. The van der Waals surface area contributed by atoms with Crippen molar-refractivity contribution in [3.8, 4) is 0 Å². The van der Waals surface area contributed by atoms with E-state index in [9.17, 15) is 18.0 Å². The van der Waals surface area contributed by atoms with Crippen molar-refractivity contribution in [1.82, 2.24) is 15.0 Å². The van der Waals surface area contributed by atoms with Gasteiger partial charge in [0.15, 0.2) is 5.82 Å². The molecule has 9 heteroatoms. The van der Waals surface area contributed by atoms with Gasteiger partial charge in [0, 0.05) is 6.42 Å². The summed E-state index contributed by atoms with van der Waals surface area (Å²) in [5.41, 5.74) is 0. The molecule has 1 aromatic heterocycles. The minimum atomic E-state index is -4.48. The Morgan fingerprint density at radius 2 is 2.17 bits per heavy atom. The number of halogens is 3. The van der Waals surface area contributed by atoms with Crippen LogP contribution < -0.4 is 0 Å². The molecule has 0 aromatic carbocycles. The first kappa shape index (κ1) is 14.4. The zero-order chi connectivity index (χ0) is 13.8. The fourth-order valence-electron chi connectivity index (χ4n) is 1.30. The highest BCUT2D eigenvalue weighted by Gasteiger charge is 2.32. The smallest absolute Gasteiger partial charge is 0.401 e. The number of aromatic nitrogens is 2. The highest BCUT2D eigenvalue weighted by molar-refractivity contribution is 5.69. The summed E-state index contributed by atoms with van der Waals surface area (Å²) in [5.74, 6) is -1.01. The lowest BCUT2D eigenvalue weighted by atomic mass is 10.4. The van der Waals surface area contributed by atoms with Crippen LogP contribution in [-0.4, -0.2) is 45.4 Å². The number of aryl methyl sites for hydroxylation is 1. The quantitative estimate of drug-likeness (QED) is 0.830. The molecule has 0 fully saturated rings. The van der Waals surface area contributed by atoms with Crippen molar-refractivity contribution < 1.29 is 27.6 Å². The molecule has 0 atom stereocenters. The molecule has 0 radical (unpaired) electrons. The van der Waals surface area contributed by atoms with Crippen LogP contribution in [0.3, 0.4) is 0 Å². The molecular formula is C9H12F3N3O3. The second kappa shape index (κ2) is 5.80. The maximum absolute atomic E-state index is 12.2. The monoisotopic (exact) mass is 267 g/mol. The first-order valence-electron chi connectivity index (χ1n) is 5.12. The Kier molecular flexibility index (Phi) is 4.65. The van der Waals surface area contributed by atoms with Gasteiger partial charge in [-0.2, -0.15) is 18.2 Å². The third-order valence-electron chi connectivity index (χ3n) is 1.95. The number of carboxylic acid groups (broad SMARTS) is 1. The molecule has 0 bridgehead atoms. The van der Waals surface area contributed by atoms with Gasteiger partial charge in [0.25, 0.3) is 0 Å². The van der Waals surface area contributed by atoms with Gasteiger partial charge in [-0.05, 0) is 0 Å². The van der Waals surface area contributed by atoms with E-state index in [-0.39, 0.29) is 12.4 Å². The fraction of sp³-hybridized carbons (Fsp3) is 0.667. The van der Waals surface area contributed by atoms with Crippen molar-refractivity contribution >= 4 is 5.97 Å². The standard InChI is InChI=1S/C9H12F3N3O3/c1-2-6-13-7(18-14-6)3-15(4-8(16)17)5-9(10,11)12/h2-5H2,1H3,(H,16,17). The molecule has 0 aliphatic rings. The minimum Gasteiger partial charge on any atom is -0.480 e. The fourth-order valence-corrected chi connectivity index (χ4v) is 1.30. The van der Waals surface area contributed by atoms with E-state index in [0.717, 1.165) is 0 Å². The summed E-state index contributed by atoms with van der Waals surface area (Å²) >= 11 is 0. The van der Waals surface area contributed by atoms with E-state index >= 15 is 0 Å². The largest absolute Gasteiger partial charge is 0.480 e. The van der Waals surface area contributed by atoms with Crippen molar-refractivity contribution in [3.63, 3.8) is 0 Å². The average Bonchev–Trinajstić information content (AvgIpc) is 2.61. The normalized spacial score (nSPS) is 12.1. The van der Waals surface area contributed by atoms with Gasteiger partial charge in [0.2, 0.25) is 5.89 Å². The van der Waals surface area contributed by atoms with Crippen LogP contribution in [0.4, 0.5) is 13.2 Å². The van der Waals surface area contributed by atoms with Crippen molar-refractivity contribution in [2.75, 3.05) is 13.1 Å². The lowest BCUT2D eigenvalue weighted by Gasteiger charge is -2.19. The molecule has 0 unspecified atom stereocenters. The van der Waals surface area contributed by atoms with Crippen LogP contribution in [0.25, 0.3) is 0 Å². The first-order valence-corrected chi connectivity index (χ1v) is 5.12. The van der Waals surface area contributed by atoms with Crippen LogP contribution in [0, 0.1) is 0 Å². The van der Waals surface area contributed by atoms with Gasteiger partial charge in [0.1, 0.15) is 0 Å². The summed E-state index contributed by atoms with van der Waals surface area (Å²) in [6, 6.07) is 0. The summed E-state index contributed by atoms with van der Waals surface area (Å²) in [5, 5.41) is 12.1. The first-order chi connectivity index (χ1) is 8.30. The number of alkyl halides is 3. The third-order valence-corrected chi connectivity index (χ3v) is 1.95. The van der Waals surface area contributed by atoms with Crippen molar-refractivity contribution in [3.05, 3.63) is 11.7 Å². The number of carbonyl (C=O) groups is 1. The molecule has 0 aliphatic heterocycles. The molecule has 1 heterocycles. The third kappa shape index (κ3) is 5.13. The van der Waals surface area contributed by atoms with Gasteiger partial charge < -0.3 is 9.63 Å². The van der Waals surface area contributed by atoms with Crippen LogP contribution in [0.2, 0.25) is 0 Å². The average molecular weight is 267 g/mol. The Balaban J connectivity index is 2.68. The summed E-state index contributed by atoms with van der Waals surface area (Å²) in [6.45, 7) is -0.676. The maximum Gasteiger partial charge on any atom is 0.401 e. The predicted molar refractivity (Wildman–Crippen MR) is 52.6 cm³/mol. The van der Waals surface area contributed by atoms with Crippen LogP contribution in [0.5, 0.6) is 0 Å². The van der Waals surface area contributed by atoms with E-state index in [1.165, 1.54) is 0 Å². The van der Waals surface area contributed by atoms with E-state index in [1.807, 2.05) is 0 Å². The SMILES string of the molecule is CCc1noc(CN(CC(=O)O)CC(F)(F)F)n1.